The van der Waals surface area contributed by atoms with E-state index in [0.717, 1.165) is 18.7 Å². The van der Waals surface area contributed by atoms with E-state index in [2.05, 4.69) is 15.5 Å². The second-order valence-electron chi connectivity index (χ2n) is 5.89. The molecule has 0 bridgehead atoms. The summed E-state index contributed by atoms with van der Waals surface area (Å²) in [5, 5.41) is 12.1. The zero-order valence-electron chi connectivity index (χ0n) is 13.6. The molecule has 1 aromatic heterocycles. The van der Waals surface area contributed by atoms with Crippen LogP contribution in [0.15, 0.2) is 18.2 Å². The van der Waals surface area contributed by atoms with Crippen LogP contribution < -0.4 is 10.6 Å². The lowest BCUT2D eigenvalue weighted by atomic mass is 10.1. The van der Waals surface area contributed by atoms with E-state index in [0.29, 0.717) is 24.5 Å². The third-order valence-corrected chi connectivity index (χ3v) is 3.94. The third-order valence-electron chi connectivity index (χ3n) is 3.94. The fourth-order valence-corrected chi connectivity index (χ4v) is 2.70. The van der Waals surface area contributed by atoms with Crippen LogP contribution in [0.3, 0.4) is 0 Å². The second-order valence-corrected chi connectivity index (χ2v) is 5.89. The van der Waals surface area contributed by atoms with Crippen LogP contribution in [0.2, 0.25) is 0 Å². The smallest absolute Gasteiger partial charge is 0.331 e. The Kier molecular flexibility index (Phi) is 4.74. The van der Waals surface area contributed by atoms with Crippen molar-refractivity contribution in [2.45, 2.75) is 38.3 Å². The fourth-order valence-electron chi connectivity index (χ4n) is 2.70. The maximum Gasteiger partial charge on any atom is 0.416 e. The molecule has 0 radical (unpaired) electrons. The Hall–Kier alpha value is -2.79. The Bertz CT molecular complexity index is 825. The van der Waals surface area contributed by atoms with Gasteiger partial charge >= 0.3 is 18.4 Å². The van der Waals surface area contributed by atoms with Crippen molar-refractivity contribution in [2.24, 2.45) is 0 Å². The number of nitrogens with one attached hydrogen (secondary N) is 2. The number of rotatable bonds is 3. The number of hydrogen-bond donors (Lipinski definition) is 2. The van der Waals surface area contributed by atoms with Crippen LogP contribution in [-0.4, -0.2) is 20.8 Å². The number of alkyl halides is 6. The van der Waals surface area contributed by atoms with Gasteiger partial charge in [0.05, 0.1) is 17.7 Å². The molecule has 2 aromatic rings. The lowest BCUT2D eigenvalue weighted by molar-refractivity contribution is -0.143. The number of aryl methyl sites for hydroxylation is 1. The molecule has 1 aliphatic rings. The summed E-state index contributed by atoms with van der Waals surface area (Å²) in [6, 6.07) is -0.103. The zero-order chi connectivity index (χ0) is 19.8. The van der Waals surface area contributed by atoms with Crippen LogP contribution in [0, 0.1) is 0 Å². The predicted molar refractivity (Wildman–Crippen MR) is 80.6 cm³/mol. The summed E-state index contributed by atoms with van der Waals surface area (Å²) in [4.78, 5) is 11.9. The van der Waals surface area contributed by atoms with E-state index in [4.69, 9.17) is 0 Å². The number of benzene rings is 1. The number of nitrogens with zero attached hydrogens (tertiary/aromatic N) is 3. The number of fused-ring (bicyclic) bond motifs is 1. The Morgan fingerprint density at radius 3 is 2.26 bits per heavy atom. The average molecular weight is 393 g/mol. The quantitative estimate of drug-likeness (QED) is 0.783. The van der Waals surface area contributed by atoms with Crippen LogP contribution in [0.1, 0.15) is 29.2 Å². The van der Waals surface area contributed by atoms with Crippen LogP contribution in [0.4, 0.5) is 36.8 Å². The average Bonchev–Trinajstić information content (AvgIpc) is 3.14. The summed E-state index contributed by atoms with van der Waals surface area (Å²) in [5.41, 5.74) is -3.65. The van der Waals surface area contributed by atoms with Gasteiger partial charge in [0, 0.05) is 18.7 Å². The molecule has 0 saturated carbocycles. The van der Waals surface area contributed by atoms with E-state index in [9.17, 15) is 31.1 Å². The topological polar surface area (TPSA) is 71.8 Å². The molecule has 0 aliphatic carbocycles. The van der Waals surface area contributed by atoms with Gasteiger partial charge in [0.1, 0.15) is 5.82 Å². The first-order valence-electron chi connectivity index (χ1n) is 7.79. The fraction of sp³-hybridized carbons (Fsp3) is 0.400. The first-order valence-corrected chi connectivity index (χ1v) is 7.79. The highest BCUT2D eigenvalue weighted by molar-refractivity contribution is 5.89. The molecule has 0 atom stereocenters. The first kappa shape index (κ1) is 19.0. The number of aromatic nitrogens is 3. The zero-order valence-corrected chi connectivity index (χ0v) is 13.6. The minimum atomic E-state index is -4.99. The normalized spacial score (nSPS) is 14.1. The van der Waals surface area contributed by atoms with Gasteiger partial charge in [0.15, 0.2) is 5.82 Å². The maximum atomic E-state index is 12.8. The van der Waals surface area contributed by atoms with Gasteiger partial charge in [0.2, 0.25) is 0 Å². The largest absolute Gasteiger partial charge is 0.416 e. The SMILES string of the molecule is O=C(NCc1nnc2n1CCC2)Nc1cc(C(F)(F)F)cc(C(F)(F)F)c1. The first-order chi connectivity index (χ1) is 12.5. The van der Waals surface area contributed by atoms with Gasteiger partial charge in [0.25, 0.3) is 0 Å². The highest BCUT2D eigenvalue weighted by Gasteiger charge is 2.37. The summed E-state index contributed by atoms with van der Waals surface area (Å²) >= 11 is 0. The van der Waals surface area contributed by atoms with Gasteiger partial charge in [-0.2, -0.15) is 26.3 Å². The highest BCUT2D eigenvalue weighted by Crippen LogP contribution is 2.37. The van der Waals surface area contributed by atoms with Crippen LogP contribution >= 0.6 is 0 Å². The molecule has 146 valence electrons. The molecular formula is C15H13F6N5O. The summed E-state index contributed by atoms with van der Waals surface area (Å²) in [7, 11) is 0. The summed E-state index contributed by atoms with van der Waals surface area (Å²) in [5.74, 6) is 1.22. The number of urea groups is 1. The van der Waals surface area contributed by atoms with Gasteiger partial charge in [-0.25, -0.2) is 4.79 Å². The summed E-state index contributed by atoms with van der Waals surface area (Å²) < 4.78 is 78.7. The van der Waals surface area contributed by atoms with Crippen molar-refractivity contribution >= 4 is 11.7 Å². The third kappa shape index (κ3) is 4.31. The van der Waals surface area contributed by atoms with Crippen molar-refractivity contribution in [2.75, 3.05) is 5.32 Å². The molecule has 2 amide bonds. The van der Waals surface area contributed by atoms with Crippen molar-refractivity contribution in [1.82, 2.24) is 20.1 Å². The Morgan fingerprint density at radius 2 is 1.67 bits per heavy atom. The Labute approximate surface area is 148 Å². The molecule has 1 aliphatic heterocycles. The molecule has 0 saturated heterocycles. The minimum absolute atomic E-state index is 0.0113. The monoisotopic (exact) mass is 393 g/mol. The van der Waals surface area contributed by atoms with Gasteiger partial charge in [-0.05, 0) is 24.6 Å². The summed E-state index contributed by atoms with van der Waals surface area (Å²) in [6.07, 6.45) is -8.34. The lowest BCUT2D eigenvalue weighted by Crippen LogP contribution is -2.29. The molecule has 12 heteroatoms. The van der Waals surface area contributed by atoms with E-state index in [1.54, 1.807) is 4.57 Å². The van der Waals surface area contributed by atoms with E-state index in [1.807, 2.05) is 5.32 Å². The van der Waals surface area contributed by atoms with E-state index < -0.39 is 35.2 Å². The molecule has 0 unspecified atom stereocenters. The van der Waals surface area contributed by atoms with E-state index >= 15 is 0 Å². The molecule has 3 rings (SSSR count). The summed E-state index contributed by atoms with van der Waals surface area (Å²) in [6.45, 7) is 0.619. The number of amides is 2. The number of halogens is 6. The number of carbonyl (C=O) groups is 1. The molecule has 2 heterocycles. The van der Waals surface area contributed by atoms with Crippen LogP contribution in [0.25, 0.3) is 0 Å². The van der Waals surface area contributed by atoms with Crippen LogP contribution in [0.5, 0.6) is 0 Å². The van der Waals surface area contributed by atoms with Gasteiger partial charge in [-0.15, -0.1) is 10.2 Å². The van der Waals surface area contributed by atoms with Crippen molar-refractivity contribution in [3.8, 4) is 0 Å². The molecule has 0 spiro atoms. The highest BCUT2D eigenvalue weighted by atomic mass is 19.4. The molecule has 6 nitrogen and oxygen atoms in total. The predicted octanol–water partition coefficient (Wildman–Crippen LogP) is 3.58. The van der Waals surface area contributed by atoms with Crippen molar-refractivity contribution < 1.29 is 31.1 Å². The maximum absolute atomic E-state index is 12.8. The Morgan fingerprint density at radius 1 is 1.04 bits per heavy atom. The van der Waals surface area contributed by atoms with E-state index in [-0.39, 0.29) is 12.6 Å². The van der Waals surface area contributed by atoms with Crippen molar-refractivity contribution in [1.29, 1.82) is 0 Å². The lowest BCUT2D eigenvalue weighted by Gasteiger charge is -2.15. The molecular weight excluding hydrogens is 380 g/mol. The van der Waals surface area contributed by atoms with Gasteiger partial charge in [-0.1, -0.05) is 0 Å². The Balaban J connectivity index is 1.72. The number of anilines is 1. The van der Waals surface area contributed by atoms with Gasteiger partial charge in [-0.3, -0.25) is 0 Å². The molecule has 1 aromatic carbocycles. The van der Waals surface area contributed by atoms with Crippen molar-refractivity contribution in [3.05, 3.63) is 41.0 Å². The van der Waals surface area contributed by atoms with Crippen LogP contribution in [-0.2, 0) is 31.9 Å². The van der Waals surface area contributed by atoms with E-state index in [1.165, 1.54) is 0 Å². The standard InChI is InChI=1S/C15H13F6N5O/c16-14(17,18)8-4-9(15(19,20)21)6-10(5-8)23-13(27)22-7-12-25-24-11-2-1-3-26(11)12/h4-6H,1-3,7H2,(H2,22,23,27). The second kappa shape index (κ2) is 6.74. The molecule has 2 N–H and O–H groups in total. The minimum Gasteiger partial charge on any atom is -0.331 e. The number of carbonyl (C=O) groups excluding carboxylic acids is 1. The van der Waals surface area contributed by atoms with Crippen molar-refractivity contribution in [3.63, 3.8) is 0 Å². The molecule has 27 heavy (non-hydrogen) atoms. The number of hydrogen-bond acceptors (Lipinski definition) is 3. The molecule has 0 fully saturated rings. The van der Waals surface area contributed by atoms with Gasteiger partial charge < -0.3 is 15.2 Å².